The maximum Gasteiger partial charge on any atom is 0.161 e. The van der Waals surface area contributed by atoms with Crippen LogP contribution in [0, 0.1) is 0 Å². The minimum absolute atomic E-state index is 0.486. The Morgan fingerprint density at radius 3 is 2.63 bits per heavy atom. The first-order valence-corrected chi connectivity index (χ1v) is 7.25. The van der Waals surface area contributed by atoms with Crippen molar-refractivity contribution >= 4 is 22.9 Å². The van der Waals surface area contributed by atoms with Gasteiger partial charge in [0.05, 0.1) is 10.9 Å². The highest BCUT2D eigenvalue weighted by Crippen LogP contribution is 2.30. The monoisotopic (exact) mass is 297 g/mol. The SMILES string of the molecule is CCOc1cc(CN)ccc1OCc1ccc(Cl)s1. The van der Waals surface area contributed by atoms with Crippen LogP contribution in [0.3, 0.4) is 0 Å². The van der Waals surface area contributed by atoms with Gasteiger partial charge in [-0.05, 0) is 36.8 Å². The molecular formula is C14H16ClNO2S. The van der Waals surface area contributed by atoms with Crippen LogP contribution in [0.15, 0.2) is 30.3 Å². The fraction of sp³-hybridized carbons (Fsp3) is 0.286. The largest absolute Gasteiger partial charge is 0.490 e. The lowest BCUT2D eigenvalue weighted by Crippen LogP contribution is -2.01. The molecular weight excluding hydrogens is 282 g/mol. The highest BCUT2D eigenvalue weighted by Gasteiger charge is 2.07. The number of rotatable bonds is 6. The highest BCUT2D eigenvalue weighted by atomic mass is 35.5. The van der Waals surface area contributed by atoms with Gasteiger partial charge in [-0.25, -0.2) is 0 Å². The van der Waals surface area contributed by atoms with Gasteiger partial charge in [-0.1, -0.05) is 17.7 Å². The van der Waals surface area contributed by atoms with Crippen molar-refractivity contribution in [2.24, 2.45) is 5.73 Å². The van der Waals surface area contributed by atoms with Gasteiger partial charge in [0, 0.05) is 11.4 Å². The first-order valence-electron chi connectivity index (χ1n) is 6.05. The minimum atomic E-state index is 0.486. The molecule has 0 radical (unpaired) electrons. The highest BCUT2D eigenvalue weighted by molar-refractivity contribution is 7.16. The number of thiophene rings is 1. The van der Waals surface area contributed by atoms with Crippen molar-refractivity contribution < 1.29 is 9.47 Å². The molecule has 0 amide bonds. The molecule has 0 atom stereocenters. The zero-order valence-electron chi connectivity index (χ0n) is 10.7. The number of hydrogen-bond acceptors (Lipinski definition) is 4. The average Bonchev–Trinajstić information content (AvgIpc) is 2.83. The molecule has 1 aromatic carbocycles. The Hall–Kier alpha value is -1.23. The second kappa shape index (κ2) is 6.80. The molecule has 102 valence electrons. The molecule has 1 aromatic heterocycles. The van der Waals surface area contributed by atoms with Gasteiger partial charge in [0.1, 0.15) is 6.61 Å². The summed E-state index contributed by atoms with van der Waals surface area (Å²) in [6.07, 6.45) is 0. The third-order valence-corrected chi connectivity index (χ3v) is 3.75. The van der Waals surface area contributed by atoms with E-state index in [9.17, 15) is 0 Å². The molecule has 0 spiro atoms. The molecule has 1 heterocycles. The standard InChI is InChI=1S/C14H16ClNO2S/c1-2-17-13-7-10(8-16)3-5-12(13)18-9-11-4-6-14(15)19-11/h3-7H,2,8-9,16H2,1H3. The molecule has 5 heteroatoms. The maximum atomic E-state index is 5.89. The summed E-state index contributed by atoms with van der Waals surface area (Å²) in [7, 11) is 0. The summed E-state index contributed by atoms with van der Waals surface area (Å²) in [4.78, 5) is 1.08. The zero-order valence-corrected chi connectivity index (χ0v) is 12.3. The van der Waals surface area contributed by atoms with Crippen molar-refractivity contribution in [3.05, 3.63) is 45.1 Å². The first-order chi connectivity index (χ1) is 9.22. The molecule has 0 saturated carbocycles. The van der Waals surface area contributed by atoms with Gasteiger partial charge in [-0.3, -0.25) is 0 Å². The van der Waals surface area contributed by atoms with Crippen LogP contribution in [-0.4, -0.2) is 6.61 Å². The van der Waals surface area contributed by atoms with E-state index in [1.54, 1.807) is 0 Å². The molecule has 2 N–H and O–H groups in total. The van der Waals surface area contributed by atoms with Gasteiger partial charge in [0.2, 0.25) is 0 Å². The summed E-state index contributed by atoms with van der Waals surface area (Å²) in [6, 6.07) is 9.58. The number of nitrogens with two attached hydrogens (primary N) is 1. The molecule has 0 aliphatic carbocycles. The Morgan fingerprint density at radius 1 is 1.16 bits per heavy atom. The van der Waals surface area contributed by atoms with E-state index in [1.165, 1.54) is 11.3 Å². The second-order valence-electron chi connectivity index (χ2n) is 3.91. The van der Waals surface area contributed by atoms with Crippen molar-refractivity contribution in [2.45, 2.75) is 20.1 Å². The summed E-state index contributed by atoms with van der Waals surface area (Å²) in [5.74, 6) is 1.46. The molecule has 0 aliphatic rings. The number of ether oxygens (including phenoxy) is 2. The summed E-state index contributed by atoms with van der Waals surface area (Å²) in [5.41, 5.74) is 6.65. The summed E-state index contributed by atoms with van der Waals surface area (Å²) < 4.78 is 12.1. The van der Waals surface area contributed by atoms with E-state index in [4.69, 9.17) is 26.8 Å². The Morgan fingerprint density at radius 2 is 2.00 bits per heavy atom. The van der Waals surface area contributed by atoms with Gasteiger partial charge in [0.15, 0.2) is 11.5 Å². The van der Waals surface area contributed by atoms with Gasteiger partial charge < -0.3 is 15.2 Å². The van der Waals surface area contributed by atoms with Crippen molar-refractivity contribution in [2.75, 3.05) is 6.61 Å². The molecule has 2 aromatic rings. The van der Waals surface area contributed by atoms with E-state index in [2.05, 4.69) is 0 Å². The van der Waals surface area contributed by atoms with Crippen LogP contribution >= 0.6 is 22.9 Å². The van der Waals surface area contributed by atoms with Crippen LogP contribution in [0.5, 0.6) is 11.5 Å². The Balaban J connectivity index is 2.10. The van der Waals surface area contributed by atoms with Gasteiger partial charge in [-0.2, -0.15) is 0 Å². The van der Waals surface area contributed by atoms with Gasteiger partial charge in [-0.15, -0.1) is 11.3 Å². The molecule has 2 rings (SSSR count). The summed E-state index contributed by atoms with van der Waals surface area (Å²) in [5, 5.41) is 0. The van der Waals surface area contributed by atoms with Crippen molar-refractivity contribution in [3.63, 3.8) is 0 Å². The predicted octanol–water partition coefficient (Wildman–Crippen LogP) is 3.84. The summed E-state index contributed by atoms with van der Waals surface area (Å²) in [6.45, 7) is 3.51. The molecule has 0 fully saturated rings. The van der Waals surface area contributed by atoms with Crippen molar-refractivity contribution in [1.82, 2.24) is 0 Å². The van der Waals surface area contributed by atoms with E-state index >= 15 is 0 Å². The van der Waals surface area contributed by atoms with Crippen LogP contribution < -0.4 is 15.2 Å². The van der Waals surface area contributed by atoms with E-state index in [-0.39, 0.29) is 0 Å². The van der Waals surface area contributed by atoms with E-state index < -0.39 is 0 Å². The van der Waals surface area contributed by atoms with E-state index in [1.807, 2.05) is 37.3 Å². The average molecular weight is 298 g/mol. The molecule has 19 heavy (non-hydrogen) atoms. The Kier molecular flexibility index (Phi) is 5.07. The smallest absolute Gasteiger partial charge is 0.161 e. The van der Waals surface area contributed by atoms with Crippen LogP contribution in [-0.2, 0) is 13.2 Å². The fourth-order valence-corrected chi connectivity index (χ4v) is 2.65. The summed E-state index contributed by atoms with van der Waals surface area (Å²) >= 11 is 7.40. The zero-order chi connectivity index (χ0) is 13.7. The van der Waals surface area contributed by atoms with Gasteiger partial charge in [0.25, 0.3) is 0 Å². The Labute approximate surface area is 121 Å². The van der Waals surface area contributed by atoms with Gasteiger partial charge >= 0.3 is 0 Å². The van der Waals surface area contributed by atoms with Crippen LogP contribution in [0.2, 0.25) is 4.34 Å². The molecule has 0 unspecified atom stereocenters. The lowest BCUT2D eigenvalue weighted by molar-refractivity contribution is 0.271. The lowest BCUT2D eigenvalue weighted by atomic mass is 10.2. The molecule has 3 nitrogen and oxygen atoms in total. The lowest BCUT2D eigenvalue weighted by Gasteiger charge is -2.12. The topological polar surface area (TPSA) is 44.5 Å². The van der Waals surface area contributed by atoms with Crippen molar-refractivity contribution in [1.29, 1.82) is 0 Å². The van der Waals surface area contributed by atoms with Crippen LogP contribution in [0.25, 0.3) is 0 Å². The van der Waals surface area contributed by atoms with Crippen LogP contribution in [0.4, 0.5) is 0 Å². The van der Waals surface area contributed by atoms with Crippen molar-refractivity contribution in [3.8, 4) is 11.5 Å². The quantitative estimate of drug-likeness (QED) is 0.881. The second-order valence-corrected chi connectivity index (χ2v) is 5.71. The van der Waals surface area contributed by atoms with E-state index in [0.717, 1.165) is 26.3 Å². The molecule has 0 bridgehead atoms. The Bertz CT molecular complexity index is 542. The van der Waals surface area contributed by atoms with Crippen LogP contribution in [0.1, 0.15) is 17.4 Å². The molecule has 0 aliphatic heterocycles. The third-order valence-electron chi connectivity index (χ3n) is 2.54. The maximum absolute atomic E-state index is 5.89. The van der Waals surface area contributed by atoms with E-state index in [0.29, 0.717) is 19.8 Å². The normalized spacial score (nSPS) is 10.5. The number of benzene rings is 1. The number of halogens is 1. The molecule has 0 saturated heterocycles. The predicted molar refractivity (Wildman–Crippen MR) is 79.2 cm³/mol. The third kappa shape index (κ3) is 3.86. The number of hydrogen-bond donors (Lipinski definition) is 1. The first kappa shape index (κ1) is 14.2. The fourth-order valence-electron chi connectivity index (χ4n) is 1.65. The minimum Gasteiger partial charge on any atom is -0.490 e.